The van der Waals surface area contributed by atoms with Crippen LogP contribution in [0, 0.1) is 23.7 Å². The van der Waals surface area contributed by atoms with Crippen LogP contribution in [0.25, 0.3) is 0 Å². The summed E-state index contributed by atoms with van der Waals surface area (Å²) < 4.78 is 77.6. The summed E-state index contributed by atoms with van der Waals surface area (Å²) in [6.45, 7) is 5.84. The summed E-state index contributed by atoms with van der Waals surface area (Å²) in [5.74, 6) is 0.295. The van der Waals surface area contributed by atoms with E-state index in [-0.39, 0.29) is 45.1 Å². The van der Waals surface area contributed by atoms with Crippen LogP contribution in [0.3, 0.4) is 0 Å². The van der Waals surface area contributed by atoms with Crippen molar-refractivity contribution in [2.45, 2.75) is 76.8 Å². The van der Waals surface area contributed by atoms with Gasteiger partial charge in [0.25, 0.3) is 11.8 Å². The third-order valence-corrected chi connectivity index (χ3v) is 11.7. The van der Waals surface area contributed by atoms with E-state index in [2.05, 4.69) is 35.1 Å². The monoisotopic (exact) mass is 848 g/mol. The third kappa shape index (κ3) is 12.8. The van der Waals surface area contributed by atoms with Crippen molar-refractivity contribution in [2.75, 3.05) is 23.7 Å². The van der Waals surface area contributed by atoms with Crippen LogP contribution in [0.5, 0.6) is 0 Å². The topological polar surface area (TPSA) is 82.3 Å². The molecule has 0 spiro atoms. The van der Waals surface area contributed by atoms with E-state index in [1.54, 1.807) is 0 Å². The zero-order valence-corrected chi connectivity index (χ0v) is 33.7. The van der Waals surface area contributed by atoms with Gasteiger partial charge < -0.3 is 21.3 Å². The number of hydrogen-bond acceptors (Lipinski definition) is 4. The molecule has 2 aliphatic carbocycles. The number of carbonyl (C=O) groups excluding carboxylic acids is 2. The molecule has 6 atom stereocenters. The first kappa shape index (κ1) is 44.7. The highest BCUT2D eigenvalue weighted by Gasteiger charge is 2.35. The fourth-order valence-corrected chi connectivity index (χ4v) is 8.10. The van der Waals surface area contributed by atoms with Crippen LogP contribution in [0.2, 0.25) is 10.0 Å². The van der Waals surface area contributed by atoms with Gasteiger partial charge in [-0.25, -0.2) is 0 Å². The Balaban J connectivity index is 0.000000221. The lowest BCUT2D eigenvalue weighted by Gasteiger charge is -2.35. The quantitative estimate of drug-likeness (QED) is 0.120. The second-order valence-electron chi connectivity index (χ2n) is 15.4. The molecule has 0 aromatic heterocycles. The molecule has 0 radical (unpaired) electrons. The number of hydrogen-bond donors (Lipinski definition) is 4. The molecule has 58 heavy (non-hydrogen) atoms. The minimum absolute atomic E-state index is 0.0175. The van der Waals surface area contributed by atoms with Gasteiger partial charge in [0, 0.05) is 36.5 Å². The van der Waals surface area contributed by atoms with Gasteiger partial charge in [-0.1, -0.05) is 73.4 Å². The normalized spacial score (nSPS) is 22.2. The lowest BCUT2D eigenvalue weighted by Crippen LogP contribution is -2.43. The Bertz CT molecular complexity index is 1820. The Morgan fingerprint density at radius 1 is 0.569 bits per heavy atom. The number of amides is 2. The van der Waals surface area contributed by atoms with Crippen molar-refractivity contribution >= 4 is 46.4 Å². The van der Waals surface area contributed by atoms with E-state index in [9.17, 15) is 35.9 Å². The van der Waals surface area contributed by atoms with E-state index in [0.717, 1.165) is 99.4 Å². The van der Waals surface area contributed by atoms with Crippen LogP contribution >= 0.6 is 23.2 Å². The smallest absolute Gasteiger partial charge is 0.385 e. The first-order valence-corrected chi connectivity index (χ1v) is 20.2. The Morgan fingerprint density at radius 2 is 0.931 bits per heavy atom. The maximum absolute atomic E-state index is 12.9. The molecule has 4 unspecified atom stereocenters. The van der Waals surface area contributed by atoms with Gasteiger partial charge in [0.05, 0.1) is 32.3 Å². The van der Waals surface area contributed by atoms with Crippen molar-refractivity contribution in [2.24, 2.45) is 23.7 Å². The van der Waals surface area contributed by atoms with E-state index in [4.69, 9.17) is 23.2 Å². The fourth-order valence-electron chi connectivity index (χ4n) is 7.69. The summed E-state index contributed by atoms with van der Waals surface area (Å²) in [7, 11) is 0. The Morgan fingerprint density at radius 3 is 1.26 bits per heavy atom. The van der Waals surface area contributed by atoms with Gasteiger partial charge in [0.2, 0.25) is 0 Å². The van der Waals surface area contributed by atoms with Crippen molar-refractivity contribution in [3.8, 4) is 0 Å². The highest BCUT2D eigenvalue weighted by molar-refractivity contribution is 6.34. The zero-order chi connectivity index (χ0) is 42.0. The molecule has 0 aliphatic heterocycles. The van der Waals surface area contributed by atoms with Gasteiger partial charge in [-0.2, -0.15) is 26.3 Å². The molecule has 0 saturated heterocycles. The number of nitrogens with one attached hydrogen (secondary N) is 4. The molecule has 2 fully saturated rings. The van der Waals surface area contributed by atoms with Crippen LogP contribution in [0.1, 0.15) is 84.2 Å². The van der Waals surface area contributed by atoms with Crippen LogP contribution in [0.15, 0.2) is 97.1 Å². The number of benzene rings is 4. The lowest BCUT2D eigenvalue weighted by atomic mass is 9.78. The molecule has 4 aromatic rings. The second-order valence-corrected chi connectivity index (χ2v) is 16.2. The molecule has 2 saturated carbocycles. The first-order valence-electron chi connectivity index (χ1n) is 19.4. The third-order valence-electron chi connectivity index (χ3n) is 11.0. The number of anilines is 2. The van der Waals surface area contributed by atoms with Crippen molar-refractivity contribution in [1.82, 2.24) is 10.6 Å². The molecular formula is C44H48Cl2F6N4O2. The Labute approximate surface area is 345 Å². The molecule has 2 aliphatic rings. The van der Waals surface area contributed by atoms with Gasteiger partial charge in [-0.15, -0.1) is 0 Å². The summed E-state index contributed by atoms with van der Waals surface area (Å²) in [6.07, 6.45) is -3.73. The SMILES string of the molecule is C[C@@H]1CC(CNc2ccccc2)CCC1NC(=O)c1cc(C(F)(F)F)ccc1Cl.C[C@H]1CC(CNc2ccccc2)CCC1NC(=O)c1cc(C(F)(F)F)ccc1Cl. The molecule has 312 valence electrons. The Hall–Kier alpha value is -4.42. The highest BCUT2D eigenvalue weighted by Crippen LogP contribution is 2.35. The molecule has 0 heterocycles. The van der Waals surface area contributed by atoms with Crippen molar-refractivity contribution in [3.63, 3.8) is 0 Å². The van der Waals surface area contributed by atoms with Gasteiger partial charge in [0.1, 0.15) is 0 Å². The van der Waals surface area contributed by atoms with Crippen LogP contribution in [-0.2, 0) is 12.4 Å². The maximum Gasteiger partial charge on any atom is 0.416 e. The van der Waals surface area contributed by atoms with Crippen molar-refractivity contribution in [1.29, 1.82) is 0 Å². The van der Waals surface area contributed by atoms with Crippen LogP contribution < -0.4 is 21.3 Å². The molecule has 14 heteroatoms. The number of alkyl halides is 6. The van der Waals surface area contributed by atoms with Gasteiger partial charge in [0.15, 0.2) is 0 Å². The number of para-hydroxylation sites is 2. The van der Waals surface area contributed by atoms with Crippen LogP contribution in [0.4, 0.5) is 37.7 Å². The summed E-state index contributed by atoms with van der Waals surface area (Å²) in [4.78, 5) is 25.2. The predicted octanol–water partition coefficient (Wildman–Crippen LogP) is 12.0. The standard InChI is InChI=1S/2C22H24ClF3N2O/c2*1-14-11-15(13-27-17-5-3-2-4-6-17)7-10-20(14)28-21(29)18-12-16(22(24,25)26)8-9-19(18)23/h2*2-6,8-9,12,14-15,20,27H,7,10-11,13H2,1H3,(H,28,29)/t2*14-,15?,20?/m10/s1. The molecule has 2 amide bonds. The van der Waals surface area contributed by atoms with Gasteiger partial charge in [-0.3, -0.25) is 9.59 Å². The van der Waals surface area contributed by atoms with Crippen LogP contribution in [-0.4, -0.2) is 37.0 Å². The van der Waals surface area contributed by atoms with E-state index in [1.807, 2.05) is 60.7 Å². The Kier molecular flexibility index (Phi) is 15.4. The van der Waals surface area contributed by atoms with Gasteiger partial charge >= 0.3 is 12.4 Å². The number of carbonyl (C=O) groups is 2. The summed E-state index contributed by atoms with van der Waals surface area (Å²) in [6, 6.07) is 25.4. The molecular weight excluding hydrogens is 801 g/mol. The number of halogens is 8. The van der Waals surface area contributed by atoms with Crippen molar-refractivity contribution < 1.29 is 35.9 Å². The predicted molar refractivity (Wildman–Crippen MR) is 218 cm³/mol. The lowest BCUT2D eigenvalue weighted by molar-refractivity contribution is -0.138. The molecule has 6 rings (SSSR count). The minimum atomic E-state index is -4.52. The van der Waals surface area contributed by atoms with E-state index >= 15 is 0 Å². The van der Waals surface area contributed by atoms with Gasteiger partial charge in [-0.05, 0) is 123 Å². The number of rotatable bonds is 10. The summed E-state index contributed by atoms with van der Waals surface area (Å²) >= 11 is 12.0. The summed E-state index contributed by atoms with van der Waals surface area (Å²) in [5.41, 5.74) is 0.124. The van der Waals surface area contributed by atoms with Crippen molar-refractivity contribution in [3.05, 3.63) is 129 Å². The highest BCUT2D eigenvalue weighted by atomic mass is 35.5. The average Bonchev–Trinajstić information content (AvgIpc) is 3.18. The summed E-state index contributed by atoms with van der Waals surface area (Å²) in [5, 5.41) is 12.7. The second kappa shape index (κ2) is 20.0. The van der Waals surface area contributed by atoms with E-state index in [0.29, 0.717) is 11.8 Å². The average molecular weight is 850 g/mol. The van der Waals surface area contributed by atoms with E-state index in [1.165, 1.54) is 0 Å². The molecule has 6 nitrogen and oxygen atoms in total. The molecule has 0 bridgehead atoms. The first-order chi connectivity index (χ1) is 27.5. The molecule has 4 N–H and O–H groups in total. The maximum atomic E-state index is 12.9. The molecule has 4 aromatic carbocycles. The minimum Gasteiger partial charge on any atom is -0.385 e. The van der Waals surface area contributed by atoms with E-state index < -0.39 is 35.3 Å². The largest absolute Gasteiger partial charge is 0.416 e. The fraction of sp³-hybridized carbons (Fsp3) is 0.409. The zero-order valence-electron chi connectivity index (χ0n) is 32.2.